The van der Waals surface area contributed by atoms with Crippen LogP contribution in [0.25, 0.3) is 5.76 Å². The molecule has 7 heteroatoms. The molecule has 1 aromatic heterocycles. The van der Waals surface area contributed by atoms with Crippen LogP contribution >= 0.6 is 11.6 Å². The van der Waals surface area contributed by atoms with Crippen molar-refractivity contribution in [2.45, 2.75) is 26.0 Å². The number of pyridine rings is 1. The van der Waals surface area contributed by atoms with E-state index in [1.165, 1.54) is 4.90 Å². The molecule has 1 aliphatic heterocycles. The maximum absolute atomic E-state index is 12.8. The maximum Gasteiger partial charge on any atom is 0.295 e. The Hall–Kier alpha value is -2.70. The van der Waals surface area contributed by atoms with Gasteiger partial charge in [-0.05, 0) is 43.7 Å². The van der Waals surface area contributed by atoms with E-state index < -0.39 is 17.7 Å². The zero-order valence-electron chi connectivity index (χ0n) is 15.6. The Morgan fingerprint density at radius 1 is 1.25 bits per heavy atom. The van der Waals surface area contributed by atoms with Gasteiger partial charge in [-0.1, -0.05) is 23.7 Å². The second-order valence-electron chi connectivity index (χ2n) is 6.70. The number of halogens is 1. The number of benzene rings is 1. The summed E-state index contributed by atoms with van der Waals surface area (Å²) in [5, 5.41) is 11.3. The molecular formula is C21H21ClN2O4. The van der Waals surface area contributed by atoms with Crippen LogP contribution in [0.5, 0.6) is 0 Å². The van der Waals surface area contributed by atoms with Crippen LogP contribution in [0.1, 0.15) is 31.0 Å². The van der Waals surface area contributed by atoms with Gasteiger partial charge in [0.05, 0.1) is 24.3 Å². The lowest BCUT2D eigenvalue weighted by atomic mass is 9.96. The van der Waals surface area contributed by atoms with E-state index in [0.29, 0.717) is 16.1 Å². The van der Waals surface area contributed by atoms with Crippen LogP contribution in [0.3, 0.4) is 0 Å². The first-order chi connectivity index (χ1) is 13.4. The predicted molar refractivity (Wildman–Crippen MR) is 106 cm³/mol. The van der Waals surface area contributed by atoms with Crippen molar-refractivity contribution in [2.24, 2.45) is 0 Å². The topological polar surface area (TPSA) is 79.7 Å². The number of hydrogen-bond donors (Lipinski definition) is 1. The number of ether oxygens (including phenoxy) is 1. The number of Topliss-reactive ketones (excluding diaryl/α,β-unsaturated/α-hetero) is 1. The zero-order valence-corrected chi connectivity index (χ0v) is 16.4. The molecule has 1 atom stereocenters. The standard InChI is InChI=1S/C21H21ClN2O4/c1-13(2)28-11-10-24-18(14-6-8-23-9-7-14)17(20(26)21(24)27)19(25)15-4-3-5-16(22)12-15/h3-9,12-13,18,25H,10-11H2,1-2H3/b19-17-. The van der Waals surface area contributed by atoms with Gasteiger partial charge in [-0.15, -0.1) is 0 Å². The second kappa shape index (κ2) is 8.54. The van der Waals surface area contributed by atoms with E-state index in [0.717, 1.165) is 0 Å². The molecule has 2 heterocycles. The van der Waals surface area contributed by atoms with Crippen molar-refractivity contribution in [2.75, 3.05) is 13.2 Å². The summed E-state index contributed by atoms with van der Waals surface area (Å²) < 4.78 is 5.55. The number of carbonyl (C=O) groups excluding carboxylic acids is 2. The summed E-state index contributed by atoms with van der Waals surface area (Å²) in [5.74, 6) is -1.66. The second-order valence-corrected chi connectivity index (χ2v) is 7.14. The van der Waals surface area contributed by atoms with Gasteiger partial charge in [0.15, 0.2) is 0 Å². The van der Waals surface area contributed by atoms with E-state index in [4.69, 9.17) is 16.3 Å². The van der Waals surface area contributed by atoms with Crippen LogP contribution in [0.15, 0.2) is 54.4 Å². The number of nitrogens with zero attached hydrogens (tertiary/aromatic N) is 2. The quantitative estimate of drug-likeness (QED) is 0.455. The number of aliphatic hydroxyl groups excluding tert-OH is 1. The fraction of sp³-hybridized carbons (Fsp3) is 0.286. The number of hydrogen-bond acceptors (Lipinski definition) is 5. The summed E-state index contributed by atoms with van der Waals surface area (Å²) in [5.41, 5.74) is 1.09. The monoisotopic (exact) mass is 400 g/mol. The van der Waals surface area contributed by atoms with Crippen LogP contribution in [-0.2, 0) is 14.3 Å². The summed E-state index contributed by atoms with van der Waals surface area (Å²) in [6, 6.07) is 9.25. The van der Waals surface area contributed by atoms with E-state index in [9.17, 15) is 14.7 Å². The van der Waals surface area contributed by atoms with Crippen LogP contribution in [0, 0.1) is 0 Å². The number of amides is 1. The molecule has 2 aromatic rings. The molecule has 0 spiro atoms. The van der Waals surface area contributed by atoms with E-state index in [2.05, 4.69) is 4.98 Å². The van der Waals surface area contributed by atoms with Crippen LogP contribution in [-0.4, -0.2) is 45.9 Å². The van der Waals surface area contributed by atoms with Crippen molar-refractivity contribution in [3.05, 3.63) is 70.5 Å². The summed E-state index contributed by atoms with van der Waals surface area (Å²) in [6.45, 7) is 4.30. The molecular weight excluding hydrogens is 380 g/mol. The molecule has 0 bridgehead atoms. The van der Waals surface area contributed by atoms with Gasteiger partial charge in [0, 0.05) is 29.5 Å². The van der Waals surface area contributed by atoms with E-state index in [1.54, 1.807) is 48.8 Å². The molecule has 1 saturated heterocycles. The molecule has 0 saturated carbocycles. The lowest BCUT2D eigenvalue weighted by molar-refractivity contribution is -0.140. The third kappa shape index (κ3) is 4.08. The number of likely N-dealkylation sites (tertiary alicyclic amines) is 1. The van der Waals surface area contributed by atoms with E-state index >= 15 is 0 Å². The van der Waals surface area contributed by atoms with Crippen LogP contribution in [0.4, 0.5) is 0 Å². The largest absolute Gasteiger partial charge is 0.507 e. The molecule has 3 rings (SSSR count). The van der Waals surface area contributed by atoms with Gasteiger partial charge in [-0.25, -0.2) is 0 Å². The minimum Gasteiger partial charge on any atom is -0.507 e. The van der Waals surface area contributed by atoms with Gasteiger partial charge in [0.1, 0.15) is 5.76 Å². The molecule has 28 heavy (non-hydrogen) atoms. The molecule has 0 aliphatic carbocycles. The fourth-order valence-electron chi connectivity index (χ4n) is 3.18. The molecule has 1 fully saturated rings. The summed E-state index contributed by atoms with van der Waals surface area (Å²) in [4.78, 5) is 30.9. The van der Waals surface area contributed by atoms with Crippen molar-refractivity contribution in [1.29, 1.82) is 0 Å². The highest BCUT2D eigenvalue weighted by Gasteiger charge is 2.45. The highest BCUT2D eigenvalue weighted by molar-refractivity contribution is 6.46. The summed E-state index contributed by atoms with van der Waals surface area (Å²) in [7, 11) is 0. The average Bonchev–Trinajstić information content (AvgIpc) is 2.93. The van der Waals surface area contributed by atoms with Crippen molar-refractivity contribution >= 4 is 29.1 Å². The van der Waals surface area contributed by atoms with Crippen molar-refractivity contribution in [3.63, 3.8) is 0 Å². The minimum absolute atomic E-state index is 0.00246. The van der Waals surface area contributed by atoms with E-state index in [1.807, 2.05) is 13.8 Å². The molecule has 6 nitrogen and oxygen atoms in total. The number of carbonyl (C=O) groups is 2. The first-order valence-corrected chi connectivity index (χ1v) is 9.34. The molecule has 1 aromatic carbocycles. The number of aliphatic hydroxyl groups is 1. The highest BCUT2D eigenvalue weighted by atomic mass is 35.5. The van der Waals surface area contributed by atoms with Gasteiger partial charge in [0.25, 0.3) is 11.7 Å². The van der Waals surface area contributed by atoms with Gasteiger partial charge >= 0.3 is 0 Å². The Morgan fingerprint density at radius 2 is 1.96 bits per heavy atom. The highest BCUT2D eigenvalue weighted by Crippen LogP contribution is 2.39. The predicted octanol–water partition coefficient (Wildman–Crippen LogP) is 3.58. The minimum atomic E-state index is -0.733. The van der Waals surface area contributed by atoms with Crippen molar-refractivity contribution in [3.8, 4) is 0 Å². The van der Waals surface area contributed by atoms with E-state index in [-0.39, 0.29) is 30.6 Å². The molecule has 1 amide bonds. The molecule has 146 valence electrons. The number of aromatic nitrogens is 1. The Balaban J connectivity index is 2.07. The maximum atomic E-state index is 12.8. The molecule has 1 unspecified atom stereocenters. The van der Waals surface area contributed by atoms with Gasteiger partial charge < -0.3 is 14.7 Å². The SMILES string of the molecule is CC(C)OCCN1C(=O)C(=O)/C(=C(\O)c2cccc(Cl)c2)C1c1ccncc1. The van der Waals surface area contributed by atoms with Gasteiger partial charge in [0.2, 0.25) is 0 Å². The lowest BCUT2D eigenvalue weighted by Gasteiger charge is -2.25. The molecule has 1 N–H and O–H groups in total. The first kappa shape index (κ1) is 20.0. The Morgan fingerprint density at radius 3 is 2.61 bits per heavy atom. The zero-order chi connectivity index (χ0) is 20.3. The molecule has 1 aliphatic rings. The smallest absolute Gasteiger partial charge is 0.295 e. The van der Waals surface area contributed by atoms with Crippen LogP contribution in [0.2, 0.25) is 5.02 Å². The Labute approximate surface area is 168 Å². The number of ketones is 1. The molecule has 0 radical (unpaired) electrons. The number of rotatable bonds is 6. The van der Waals surface area contributed by atoms with Crippen molar-refractivity contribution < 1.29 is 19.4 Å². The van der Waals surface area contributed by atoms with Crippen molar-refractivity contribution in [1.82, 2.24) is 9.88 Å². The first-order valence-electron chi connectivity index (χ1n) is 8.96. The van der Waals surface area contributed by atoms with Gasteiger partial charge in [-0.2, -0.15) is 0 Å². The Kier molecular flexibility index (Phi) is 6.11. The average molecular weight is 401 g/mol. The summed E-state index contributed by atoms with van der Waals surface area (Å²) in [6.07, 6.45) is 3.17. The fourth-order valence-corrected chi connectivity index (χ4v) is 3.37. The third-order valence-corrected chi connectivity index (χ3v) is 4.68. The third-order valence-electron chi connectivity index (χ3n) is 4.44. The normalized spacial score (nSPS) is 18.9. The summed E-state index contributed by atoms with van der Waals surface area (Å²) >= 11 is 6.02. The Bertz CT molecular complexity index is 912. The lowest BCUT2D eigenvalue weighted by Crippen LogP contribution is -2.33. The van der Waals surface area contributed by atoms with Crippen LogP contribution < -0.4 is 0 Å². The van der Waals surface area contributed by atoms with Gasteiger partial charge in [-0.3, -0.25) is 14.6 Å².